The van der Waals surface area contributed by atoms with Gasteiger partial charge in [0.25, 0.3) is 0 Å². The van der Waals surface area contributed by atoms with Crippen LogP contribution in [0.3, 0.4) is 0 Å². The van der Waals surface area contributed by atoms with Gasteiger partial charge in [0.2, 0.25) is 7.59 Å². The molecule has 152 valence electrons. The molecule has 0 saturated heterocycles. The fourth-order valence-electron chi connectivity index (χ4n) is 2.03. The van der Waals surface area contributed by atoms with Crippen LogP contribution >= 0.6 is 69.6 Å². The van der Waals surface area contributed by atoms with Gasteiger partial charge in [0.15, 0.2) is 8.32 Å². The summed E-state index contributed by atoms with van der Waals surface area (Å²) in [5, 5.41) is 0. The minimum Gasteiger partial charge on any atom is -0.589 e. The van der Waals surface area contributed by atoms with Gasteiger partial charge in [0.1, 0.15) is 0 Å². The molecule has 0 aliphatic rings. The van der Waals surface area contributed by atoms with Crippen molar-refractivity contribution < 1.29 is 11.1 Å². The Hall–Kier alpha value is 0.489. The van der Waals surface area contributed by atoms with Crippen molar-refractivity contribution in [1.82, 2.24) is 0 Å². The zero-order valence-corrected chi connectivity index (χ0v) is 21.9. The van der Waals surface area contributed by atoms with E-state index in [2.05, 4.69) is 19.6 Å². The molecule has 0 amide bonds. The van der Waals surface area contributed by atoms with Gasteiger partial charge in [-0.3, -0.25) is 0 Å². The van der Waals surface area contributed by atoms with E-state index in [0.29, 0.717) is 22.6 Å². The minimum absolute atomic E-state index is 0.539. The Kier molecular flexibility index (Phi) is 8.62. The van der Waals surface area contributed by atoms with Crippen molar-refractivity contribution in [1.29, 1.82) is 0 Å². The molecule has 28 heavy (non-hydrogen) atoms. The Balaban J connectivity index is 2.16. The van der Waals surface area contributed by atoms with E-state index >= 15 is 0 Å². The van der Waals surface area contributed by atoms with Gasteiger partial charge in [0.05, 0.1) is 11.5 Å². The predicted octanol–water partition coefficient (Wildman–Crippen LogP) is 7.63. The number of halogens is 6. The van der Waals surface area contributed by atoms with Crippen molar-refractivity contribution in [3.63, 3.8) is 0 Å². The first kappa shape index (κ1) is 24.8. The van der Waals surface area contributed by atoms with Crippen LogP contribution in [0.2, 0.25) is 19.6 Å². The lowest BCUT2D eigenvalue weighted by atomic mass is 10.2. The van der Waals surface area contributed by atoms with Gasteiger partial charge in [-0.1, -0.05) is 93.9 Å². The Morgan fingerprint density at radius 3 is 1.21 bits per heavy atom. The molecule has 0 aromatic heterocycles. The summed E-state index contributed by atoms with van der Waals surface area (Å²) >= 11 is 32.7. The predicted molar refractivity (Wildman–Crippen MR) is 123 cm³/mol. The first-order chi connectivity index (χ1) is 12.7. The third-order valence-corrected chi connectivity index (χ3v) is 9.11. The topological polar surface area (TPSA) is 27.7 Å². The van der Waals surface area contributed by atoms with Crippen molar-refractivity contribution in [2.24, 2.45) is 0 Å². The highest BCUT2D eigenvalue weighted by molar-refractivity contribution is 6.75. The van der Waals surface area contributed by atoms with Crippen LogP contribution in [0, 0.1) is 0 Å². The minimum atomic E-state index is -2.56. The SMILES string of the molecule is C[Si](C)(C)[O][Al]([O]c1ccc(C(Cl)(Cl)Cl)cc1)[O]c1ccc(C(Cl)(Cl)Cl)cc1. The fraction of sp³-hybridized carbons (Fsp3) is 0.294. The first-order valence-corrected chi connectivity index (χ1v) is 15.2. The van der Waals surface area contributed by atoms with Crippen LogP contribution < -0.4 is 7.58 Å². The zero-order valence-electron chi connectivity index (χ0n) is 15.2. The standard InChI is InChI=1S/2C7H5Cl3O.C3H9OSi.Al/c2*8-7(9,10)5-1-3-6(11)4-2-5;1-5(2,3)4;/h2*1-4,11H;1-3H3;/q;;-1;+3/p-2. The van der Waals surface area contributed by atoms with Crippen LogP contribution in [-0.2, 0) is 11.1 Å². The Morgan fingerprint density at radius 1 is 0.643 bits per heavy atom. The molecule has 0 heterocycles. The largest absolute Gasteiger partial charge is 1.09 e. The normalized spacial score (nSPS) is 12.6. The average molecular weight is 537 g/mol. The molecule has 0 N–H and O–H groups in total. The van der Waals surface area contributed by atoms with Crippen molar-refractivity contribution in [3.8, 4) is 11.5 Å². The molecule has 0 fully saturated rings. The summed E-state index contributed by atoms with van der Waals surface area (Å²) < 4.78 is 15.1. The van der Waals surface area contributed by atoms with Gasteiger partial charge >= 0.3 is 15.1 Å². The second kappa shape index (κ2) is 9.75. The second-order valence-corrected chi connectivity index (χ2v) is 17.6. The van der Waals surface area contributed by atoms with Crippen LogP contribution in [-0.4, -0.2) is 23.5 Å². The Morgan fingerprint density at radius 2 is 0.964 bits per heavy atom. The van der Waals surface area contributed by atoms with Crippen LogP contribution in [0.1, 0.15) is 11.1 Å². The van der Waals surface area contributed by atoms with Gasteiger partial charge in [-0.05, 0) is 43.9 Å². The van der Waals surface area contributed by atoms with E-state index < -0.39 is 31.1 Å². The molecule has 0 unspecified atom stereocenters. The van der Waals surface area contributed by atoms with Gasteiger partial charge < -0.3 is 11.1 Å². The van der Waals surface area contributed by atoms with E-state index in [1.807, 2.05) is 0 Å². The maximum Gasteiger partial charge on any atom is 1.09 e. The third-order valence-electron chi connectivity index (χ3n) is 3.28. The summed E-state index contributed by atoms with van der Waals surface area (Å²) in [4.78, 5) is 0. The molecule has 0 spiro atoms. The summed E-state index contributed by atoms with van der Waals surface area (Å²) in [6.45, 7) is 6.16. The molecule has 0 aliphatic heterocycles. The maximum atomic E-state index is 6.12. The quantitative estimate of drug-likeness (QED) is 0.280. The van der Waals surface area contributed by atoms with Crippen LogP contribution in [0.5, 0.6) is 11.5 Å². The highest BCUT2D eigenvalue weighted by atomic mass is 35.6. The molecule has 11 heteroatoms. The Bertz CT molecular complexity index is 710. The van der Waals surface area contributed by atoms with E-state index in [0.717, 1.165) is 0 Å². The van der Waals surface area contributed by atoms with Crippen LogP contribution in [0.25, 0.3) is 0 Å². The maximum absolute atomic E-state index is 6.12. The number of benzene rings is 2. The third kappa shape index (κ3) is 8.32. The van der Waals surface area contributed by atoms with Crippen molar-refractivity contribution >= 4 is 93.1 Å². The Labute approximate surface area is 201 Å². The van der Waals surface area contributed by atoms with E-state index in [-0.39, 0.29) is 0 Å². The molecular weight excluding hydrogens is 520 g/mol. The van der Waals surface area contributed by atoms with Gasteiger partial charge in [0, 0.05) is 11.1 Å². The van der Waals surface area contributed by atoms with Gasteiger partial charge in [-0.2, -0.15) is 0 Å². The molecule has 0 radical (unpaired) electrons. The number of hydrogen-bond donors (Lipinski definition) is 0. The molecular formula is C17H17AlCl6O3Si. The molecule has 0 aliphatic carbocycles. The lowest BCUT2D eigenvalue weighted by molar-refractivity contribution is 0.305. The smallest absolute Gasteiger partial charge is 0.589 e. The monoisotopic (exact) mass is 534 g/mol. The van der Waals surface area contributed by atoms with E-state index in [1.165, 1.54) is 0 Å². The van der Waals surface area contributed by atoms with Crippen LogP contribution in [0.4, 0.5) is 0 Å². The molecule has 0 atom stereocenters. The summed E-state index contributed by atoms with van der Waals surface area (Å²) in [5.74, 6) is 1.12. The van der Waals surface area contributed by atoms with Crippen molar-refractivity contribution in [2.75, 3.05) is 0 Å². The fourth-order valence-corrected chi connectivity index (χ4v) is 6.29. The van der Waals surface area contributed by atoms with E-state index in [1.54, 1.807) is 48.5 Å². The molecule has 2 aromatic carbocycles. The highest BCUT2D eigenvalue weighted by Crippen LogP contribution is 2.39. The number of rotatable bonds is 6. The lowest BCUT2D eigenvalue weighted by Gasteiger charge is -2.23. The molecule has 2 rings (SSSR count). The molecule has 0 bridgehead atoms. The number of alkyl halides is 6. The van der Waals surface area contributed by atoms with Crippen molar-refractivity contribution in [3.05, 3.63) is 59.7 Å². The second-order valence-electron chi connectivity index (χ2n) is 6.80. The van der Waals surface area contributed by atoms with Crippen LogP contribution in [0.15, 0.2) is 48.5 Å². The average Bonchev–Trinajstić information content (AvgIpc) is 2.52. The highest BCUT2D eigenvalue weighted by Gasteiger charge is 2.43. The molecule has 2 aromatic rings. The van der Waals surface area contributed by atoms with Crippen molar-refractivity contribution in [2.45, 2.75) is 27.2 Å². The molecule has 3 nitrogen and oxygen atoms in total. The lowest BCUT2D eigenvalue weighted by Crippen LogP contribution is -2.43. The summed E-state index contributed by atoms with van der Waals surface area (Å²) in [7, 11) is -1.92. The molecule has 0 saturated carbocycles. The summed E-state index contributed by atoms with van der Waals surface area (Å²) in [6, 6.07) is 13.5. The van der Waals surface area contributed by atoms with Gasteiger partial charge in [-0.25, -0.2) is 0 Å². The first-order valence-electron chi connectivity index (χ1n) is 8.10. The van der Waals surface area contributed by atoms with Gasteiger partial charge in [-0.15, -0.1) is 0 Å². The van der Waals surface area contributed by atoms with E-state index in [4.69, 9.17) is 80.7 Å². The number of hydrogen-bond acceptors (Lipinski definition) is 3. The van der Waals surface area contributed by atoms with E-state index in [9.17, 15) is 0 Å². The zero-order chi connectivity index (χ0) is 21.2. The summed E-state index contributed by atoms with van der Waals surface area (Å²) in [6.07, 6.45) is 0. The summed E-state index contributed by atoms with van der Waals surface area (Å²) in [5.41, 5.74) is 1.08.